The van der Waals surface area contributed by atoms with Crippen molar-refractivity contribution in [3.8, 4) is 5.75 Å². The maximum Gasteiger partial charge on any atom is 0.356 e. The molecule has 31 heavy (non-hydrogen) atoms. The van der Waals surface area contributed by atoms with Crippen molar-refractivity contribution in [1.29, 1.82) is 0 Å². The van der Waals surface area contributed by atoms with E-state index in [1.807, 2.05) is 12.1 Å². The number of para-hydroxylation sites is 1. The highest BCUT2D eigenvalue weighted by Crippen LogP contribution is 2.57. The van der Waals surface area contributed by atoms with Gasteiger partial charge in [-0.15, -0.1) is 0 Å². The van der Waals surface area contributed by atoms with Crippen molar-refractivity contribution in [3.63, 3.8) is 0 Å². The second-order valence-corrected chi connectivity index (χ2v) is 8.66. The van der Waals surface area contributed by atoms with E-state index < -0.39 is 5.97 Å². The number of benzene rings is 1. The van der Waals surface area contributed by atoms with Crippen molar-refractivity contribution >= 4 is 22.6 Å². The summed E-state index contributed by atoms with van der Waals surface area (Å²) in [5.74, 6) is 0.267. The molecule has 2 fully saturated rings. The summed E-state index contributed by atoms with van der Waals surface area (Å²) in [6, 6.07) is 6.18. The number of nitrogens with one attached hydrogen (secondary N) is 1. The van der Waals surface area contributed by atoms with Gasteiger partial charge in [0, 0.05) is 42.6 Å². The van der Waals surface area contributed by atoms with Crippen molar-refractivity contribution in [3.05, 3.63) is 29.5 Å². The molecular formula is C23H29N3O5. The van der Waals surface area contributed by atoms with Crippen molar-refractivity contribution in [2.45, 2.75) is 44.8 Å². The standard InChI is InChI=1S/C23H29N3O5/c1-3-30-22(27)16(25-28)13-23-9-12-31-18(23)8-11-26-10-7-15-14-5-4-6-17(29-2)19(14)24-20(15)21(23)26/h4-6,18,21,24,28H,3,7-13H2,1-2H3/b25-16+/t18-,21-,23+/m0/s1. The fraction of sp³-hybridized carbons (Fsp3) is 0.565. The fourth-order valence-electron chi connectivity index (χ4n) is 6.06. The van der Waals surface area contributed by atoms with E-state index in [2.05, 4.69) is 21.1 Å². The summed E-state index contributed by atoms with van der Waals surface area (Å²) in [6.45, 7) is 4.51. The van der Waals surface area contributed by atoms with Crippen LogP contribution in [0.1, 0.15) is 43.5 Å². The van der Waals surface area contributed by atoms with E-state index in [9.17, 15) is 10.0 Å². The Morgan fingerprint density at radius 3 is 3.06 bits per heavy atom. The average molecular weight is 428 g/mol. The number of hydrogen-bond acceptors (Lipinski definition) is 7. The molecule has 0 radical (unpaired) electrons. The molecular weight excluding hydrogens is 398 g/mol. The Hall–Kier alpha value is -2.58. The highest BCUT2D eigenvalue weighted by atomic mass is 16.5. The first kappa shape index (κ1) is 20.3. The van der Waals surface area contributed by atoms with Crippen molar-refractivity contribution in [2.24, 2.45) is 10.6 Å². The zero-order valence-electron chi connectivity index (χ0n) is 18.0. The largest absolute Gasteiger partial charge is 0.495 e. The van der Waals surface area contributed by atoms with E-state index in [1.165, 1.54) is 16.6 Å². The Labute approximate surface area is 181 Å². The number of ether oxygens (including phenoxy) is 3. The van der Waals surface area contributed by atoms with Gasteiger partial charge in [0.05, 0.1) is 31.4 Å². The number of nitrogens with zero attached hydrogens (tertiary/aromatic N) is 2. The summed E-state index contributed by atoms with van der Waals surface area (Å²) in [6.07, 6.45) is 2.97. The van der Waals surface area contributed by atoms with Crippen LogP contribution >= 0.6 is 0 Å². The first-order valence-corrected chi connectivity index (χ1v) is 11.0. The summed E-state index contributed by atoms with van der Waals surface area (Å²) < 4.78 is 16.9. The maximum atomic E-state index is 12.5. The number of piperidine rings is 1. The number of H-pyrrole nitrogens is 1. The van der Waals surface area contributed by atoms with Gasteiger partial charge in [0.15, 0.2) is 5.71 Å². The van der Waals surface area contributed by atoms with Gasteiger partial charge in [0.25, 0.3) is 0 Å². The lowest BCUT2D eigenvalue weighted by atomic mass is 9.64. The lowest BCUT2D eigenvalue weighted by Gasteiger charge is -2.52. The van der Waals surface area contributed by atoms with Crippen LogP contribution < -0.4 is 4.74 Å². The van der Waals surface area contributed by atoms with Gasteiger partial charge < -0.3 is 24.4 Å². The number of rotatable bonds is 5. The van der Waals surface area contributed by atoms with Crippen LogP contribution in [0.5, 0.6) is 5.75 Å². The van der Waals surface area contributed by atoms with Crippen molar-refractivity contribution in [2.75, 3.05) is 33.4 Å². The number of oxime groups is 1. The summed E-state index contributed by atoms with van der Waals surface area (Å²) >= 11 is 0. The number of aromatic nitrogens is 1. The monoisotopic (exact) mass is 427 g/mol. The Kier molecular flexibility index (Phi) is 5.14. The minimum Gasteiger partial charge on any atom is -0.495 e. The molecule has 0 saturated carbocycles. The molecule has 0 spiro atoms. The molecule has 2 saturated heterocycles. The second kappa shape index (κ2) is 7.84. The van der Waals surface area contributed by atoms with E-state index in [1.54, 1.807) is 14.0 Å². The van der Waals surface area contributed by atoms with Crippen LogP contribution in [0.3, 0.4) is 0 Å². The normalized spacial score (nSPS) is 28.1. The second-order valence-electron chi connectivity index (χ2n) is 8.66. The van der Waals surface area contributed by atoms with Gasteiger partial charge in [-0.3, -0.25) is 4.90 Å². The van der Waals surface area contributed by atoms with Crippen LogP contribution in [0.25, 0.3) is 10.9 Å². The first-order valence-electron chi connectivity index (χ1n) is 11.0. The predicted molar refractivity (Wildman–Crippen MR) is 115 cm³/mol. The van der Waals surface area contributed by atoms with Gasteiger partial charge in [0.1, 0.15) is 5.75 Å². The summed E-state index contributed by atoms with van der Waals surface area (Å²) in [5.41, 5.74) is 3.19. The van der Waals surface area contributed by atoms with Crippen LogP contribution in [-0.4, -0.2) is 66.3 Å². The zero-order chi connectivity index (χ0) is 21.6. The summed E-state index contributed by atoms with van der Waals surface area (Å²) in [5, 5.41) is 14.2. The lowest BCUT2D eigenvalue weighted by Crippen LogP contribution is -2.55. The molecule has 2 aromatic rings. The van der Waals surface area contributed by atoms with Gasteiger partial charge in [0.2, 0.25) is 0 Å². The molecule has 0 aliphatic carbocycles. The molecule has 4 heterocycles. The first-order chi connectivity index (χ1) is 15.1. The van der Waals surface area contributed by atoms with Gasteiger partial charge in [-0.25, -0.2) is 4.79 Å². The smallest absolute Gasteiger partial charge is 0.356 e. The van der Waals surface area contributed by atoms with Crippen LogP contribution in [0, 0.1) is 5.41 Å². The predicted octanol–water partition coefficient (Wildman–Crippen LogP) is 3.04. The van der Waals surface area contributed by atoms with E-state index in [0.717, 1.165) is 43.6 Å². The molecule has 3 aliphatic heterocycles. The van der Waals surface area contributed by atoms with E-state index in [0.29, 0.717) is 13.0 Å². The van der Waals surface area contributed by atoms with E-state index >= 15 is 0 Å². The third-order valence-electron chi connectivity index (χ3n) is 7.32. The van der Waals surface area contributed by atoms with Crippen LogP contribution in [-0.2, 0) is 20.7 Å². The zero-order valence-corrected chi connectivity index (χ0v) is 18.0. The average Bonchev–Trinajstić information content (AvgIpc) is 3.38. The molecule has 0 bridgehead atoms. The van der Waals surface area contributed by atoms with Gasteiger partial charge in [-0.1, -0.05) is 17.3 Å². The number of fused-ring (bicyclic) bond motifs is 7. The Balaban J connectivity index is 1.63. The SMILES string of the molecule is CCOC(=O)/C(C[C@]12CCO[C@H]1CCN1CCc3c([nH]c4c(OC)cccc34)[C@H]12)=N/O. The number of hydrogen-bond donors (Lipinski definition) is 2. The molecule has 3 atom stereocenters. The molecule has 8 heteroatoms. The number of methoxy groups -OCH3 is 1. The Morgan fingerprint density at radius 2 is 2.29 bits per heavy atom. The van der Waals surface area contributed by atoms with Gasteiger partial charge in [-0.05, 0) is 37.8 Å². The fourth-order valence-corrected chi connectivity index (χ4v) is 6.06. The number of aromatic amines is 1. The third kappa shape index (κ3) is 3.03. The number of esters is 1. The highest BCUT2D eigenvalue weighted by molar-refractivity contribution is 6.36. The molecule has 1 aromatic heterocycles. The minimum atomic E-state index is -0.559. The maximum absolute atomic E-state index is 12.5. The highest BCUT2D eigenvalue weighted by Gasteiger charge is 2.57. The number of carbonyl (C=O) groups is 1. The molecule has 5 rings (SSSR count). The molecule has 2 N–H and O–H groups in total. The number of carbonyl (C=O) groups excluding carboxylic acids is 1. The van der Waals surface area contributed by atoms with Gasteiger partial charge >= 0.3 is 5.97 Å². The van der Waals surface area contributed by atoms with Crippen LogP contribution in [0.2, 0.25) is 0 Å². The lowest BCUT2D eigenvalue weighted by molar-refractivity contribution is -0.135. The van der Waals surface area contributed by atoms with E-state index in [-0.39, 0.29) is 29.9 Å². The molecule has 1 aromatic carbocycles. The van der Waals surface area contributed by atoms with Crippen molar-refractivity contribution in [1.82, 2.24) is 9.88 Å². The Bertz CT molecular complexity index is 1030. The quantitative estimate of drug-likeness (QED) is 0.330. The van der Waals surface area contributed by atoms with Gasteiger partial charge in [-0.2, -0.15) is 0 Å². The Morgan fingerprint density at radius 1 is 1.42 bits per heavy atom. The summed E-state index contributed by atoms with van der Waals surface area (Å²) in [4.78, 5) is 18.6. The summed E-state index contributed by atoms with van der Waals surface area (Å²) in [7, 11) is 1.69. The third-order valence-corrected chi connectivity index (χ3v) is 7.32. The van der Waals surface area contributed by atoms with Crippen LogP contribution in [0.15, 0.2) is 23.4 Å². The van der Waals surface area contributed by atoms with Crippen molar-refractivity contribution < 1.29 is 24.2 Å². The molecule has 0 amide bonds. The molecule has 3 aliphatic rings. The molecule has 166 valence electrons. The molecule has 8 nitrogen and oxygen atoms in total. The van der Waals surface area contributed by atoms with E-state index in [4.69, 9.17) is 14.2 Å². The topological polar surface area (TPSA) is 96.4 Å². The molecule has 0 unspecified atom stereocenters. The minimum absolute atomic E-state index is 0.000755. The van der Waals surface area contributed by atoms with Crippen LogP contribution in [0.4, 0.5) is 0 Å².